The van der Waals surface area contributed by atoms with Crippen molar-refractivity contribution in [3.63, 3.8) is 0 Å². The fourth-order valence-electron chi connectivity index (χ4n) is 2.63. The lowest BCUT2D eigenvalue weighted by atomic mass is 10.1. The van der Waals surface area contributed by atoms with Crippen molar-refractivity contribution >= 4 is 29.0 Å². The molecule has 156 valence electrons. The molecule has 0 aliphatic heterocycles. The highest BCUT2D eigenvalue weighted by atomic mass is 19.3. The molecule has 11 heteroatoms. The zero-order valence-electron chi connectivity index (χ0n) is 14.8. The van der Waals surface area contributed by atoms with E-state index in [1.807, 2.05) is 0 Å². The number of aromatic nitrogens is 2. The Morgan fingerprint density at radius 1 is 1.03 bits per heavy atom. The average Bonchev–Trinajstić information content (AvgIpc) is 2.67. The van der Waals surface area contributed by atoms with E-state index in [0.717, 1.165) is 12.1 Å². The van der Waals surface area contributed by atoms with Crippen LogP contribution in [-0.2, 0) is 0 Å². The van der Waals surface area contributed by atoms with Crippen molar-refractivity contribution in [1.29, 1.82) is 0 Å². The van der Waals surface area contributed by atoms with E-state index in [1.54, 1.807) is 0 Å². The Labute approximate surface area is 165 Å². The minimum Gasteiger partial charge on any atom is -0.478 e. The highest BCUT2D eigenvalue weighted by Crippen LogP contribution is 2.31. The van der Waals surface area contributed by atoms with Gasteiger partial charge < -0.3 is 19.6 Å². The summed E-state index contributed by atoms with van der Waals surface area (Å²) in [6.45, 7) is -6.50. The molecule has 7 nitrogen and oxygen atoms in total. The second-order valence-electron chi connectivity index (χ2n) is 5.76. The van der Waals surface area contributed by atoms with Gasteiger partial charge in [-0.05, 0) is 35.9 Å². The second kappa shape index (κ2) is 8.64. The summed E-state index contributed by atoms with van der Waals surface area (Å²) in [6, 6.07) is 7.46. The lowest BCUT2D eigenvalue weighted by Gasteiger charge is -2.12. The molecule has 0 saturated carbocycles. The molecule has 1 aromatic heterocycles. The van der Waals surface area contributed by atoms with E-state index < -0.39 is 36.3 Å². The first kappa shape index (κ1) is 20.8. The predicted molar refractivity (Wildman–Crippen MR) is 98.0 cm³/mol. The quantitative estimate of drug-likeness (QED) is 0.556. The van der Waals surface area contributed by atoms with Crippen LogP contribution in [0.2, 0.25) is 0 Å². The number of para-hydroxylation sites is 1. The lowest BCUT2D eigenvalue weighted by molar-refractivity contribution is -0.0692. The summed E-state index contributed by atoms with van der Waals surface area (Å²) in [5.74, 6) is -2.45. The maximum atomic E-state index is 12.5. The number of nitrogens with zero attached hydrogens (tertiary/aromatic N) is 1. The van der Waals surface area contributed by atoms with Crippen molar-refractivity contribution in [2.75, 3.05) is 0 Å². The van der Waals surface area contributed by atoms with Crippen molar-refractivity contribution in [1.82, 2.24) is 9.97 Å². The summed E-state index contributed by atoms with van der Waals surface area (Å²) in [5, 5.41) is 9.34. The van der Waals surface area contributed by atoms with Gasteiger partial charge in [-0.3, -0.25) is 4.79 Å². The highest BCUT2D eigenvalue weighted by Gasteiger charge is 2.15. The molecular formula is C19H12F4N2O5. The Hall–Kier alpha value is -3.89. The van der Waals surface area contributed by atoms with Crippen molar-refractivity contribution in [3.8, 4) is 11.5 Å². The van der Waals surface area contributed by atoms with Gasteiger partial charge in [0.05, 0.1) is 16.5 Å². The molecular weight excluding hydrogens is 412 g/mol. The van der Waals surface area contributed by atoms with E-state index in [-0.39, 0.29) is 27.9 Å². The van der Waals surface area contributed by atoms with Gasteiger partial charge in [0, 0.05) is 0 Å². The van der Waals surface area contributed by atoms with E-state index in [4.69, 9.17) is 0 Å². The van der Waals surface area contributed by atoms with Crippen LogP contribution < -0.4 is 15.0 Å². The summed E-state index contributed by atoms with van der Waals surface area (Å²) in [4.78, 5) is 30.0. The highest BCUT2D eigenvalue weighted by molar-refractivity contribution is 6.01. The monoisotopic (exact) mass is 424 g/mol. The van der Waals surface area contributed by atoms with Gasteiger partial charge in [-0.25, -0.2) is 4.79 Å². The number of carboxylic acid groups (broad SMARTS) is 1. The number of halogens is 4. The normalized spacial score (nSPS) is 11.5. The maximum Gasteiger partial charge on any atom is 0.387 e. The Bertz CT molecular complexity index is 1180. The fourth-order valence-corrected chi connectivity index (χ4v) is 2.63. The summed E-state index contributed by atoms with van der Waals surface area (Å²) in [6.07, 6.45) is 2.62. The molecule has 0 unspecified atom stereocenters. The van der Waals surface area contributed by atoms with Crippen molar-refractivity contribution < 1.29 is 36.9 Å². The molecule has 2 aromatic carbocycles. The van der Waals surface area contributed by atoms with E-state index >= 15 is 0 Å². The molecule has 30 heavy (non-hydrogen) atoms. The largest absolute Gasteiger partial charge is 0.478 e. The minimum atomic E-state index is -3.27. The number of carbonyl (C=O) groups is 1. The average molecular weight is 424 g/mol. The van der Waals surface area contributed by atoms with Gasteiger partial charge in [0.1, 0.15) is 5.82 Å². The Balaban J connectivity index is 1.99. The van der Waals surface area contributed by atoms with Gasteiger partial charge in [-0.2, -0.15) is 22.5 Å². The SMILES string of the molecule is O=C(O)c1cccc2c(=O)nc(/C=C/c3ccc(OC(F)F)c(OC(F)F)c3)[nH]c12. The minimum absolute atomic E-state index is 0.00886. The molecule has 0 spiro atoms. The van der Waals surface area contributed by atoms with Gasteiger partial charge in [-0.1, -0.05) is 18.2 Å². The first-order valence-corrected chi connectivity index (χ1v) is 8.22. The molecule has 0 atom stereocenters. The van der Waals surface area contributed by atoms with Crippen LogP contribution in [-0.4, -0.2) is 34.3 Å². The van der Waals surface area contributed by atoms with Crippen LogP contribution in [0.4, 0.5) is 17.6 Å². The van der Waals surface area contributed by atoms with Crippen LogP contribution in [0.25, 0.3) is 23.1 Å². The number of carboxylic acids is 1. The number of alkyl halides is 4. The molecule has 0 saturated heterocycles. The number of aromatic amines is 1. The topological polar surface area (TPSA) is 102 Å². The predicted octanol–water partition coefficient (Wildman–Crippen LogP) is 3.99. The molecule has 0 fully saturated rings. The van der Waals surface area contributed by atoms with Crippen molar-refractivity contribution in [3.05, 3.63) is 63.7 Å². The van der Waals surface area contributed by atoms with Gasteiger partial charge >= 0.3 is 19.2 Å². The Morgan fingerprint density at radius 3 is 2.40 bits per heavy atom. The molecule has 0 aliphatic carbocycles. The van der Waals surface area contributed by atoms with Crippen LogP contribution in [0.15, 0.2) is 41.2 Å². The first-order valence-electron chi connectivity index (χ1n) is 8.22. The number of rotatable bonds is 7. The molecule has 3 aromatic rings. The number of H-pyrrole nitrogens is 1. The Kier molecular flexibility index (Phi) is 6.00. The smallest absolute Gasteiger partial charge is 0.387 e. The molecule has 0 amide bonds. The number of hydrogen-bond acceptors (Lipinski definition) is 5. The molecule has 0 bridgehead atoms. The summed E-state index contributed by atoms with van der Waals surface area (Å²) in [7, 11) is 0. The van der Waals surface area contributed by atoms with Crippen LogP contribution in [0.3, 0.4) is 0 Å². The molecule has 3 rings (SSSR count). The van der Waals surface area contributed by atoms with Crippen LogP contribution >= 0.6 is 0 Å². The van der Waals surface area contributed by atoms with Gasteiger partial charge in [0.2, 0.25) is 0 Å². The van der Waals surface area contributed by atoms with E-state index in [2.05, 4.69) is 19.4 Å². The number of ether oxygens (including phenoxy) is 2. The number of benzene rings is 2. The summed E-state index contributed by atoms with van der Waals surface area (Å²) in [5.41, 5.74) is -0.509. The lowest BCUT2D eigenvalue weighted by Crippen LogP contribution is -2.12. The van der Waals surface area contributed by atoms with Crippen LogP contribution in [0.1, 0.15) is 21.7 Å². The number of nitrogens with one attached hydrogen (secondary N) is 1. The fraction of sp³-hybridized carbons (Fsp3) is 0.105. The van der Waals surface area contributed by atoms with Gasteiger partial charge in [0.15, 0.2) is 11.5 Å². The molecule has 0 aliphatic rings. The van der Waals surface area contributed by atoms with E-state index in [0.29, 0.717) is 0 Å². The third-order valence-corrected chi connectivity index (χ3v) is 3.83. The van der Waals surface area contributed by atoms with Gasteiger partial charge in [-0.15, -0.1) is 0 Å². The second-order valence-corrected chi connectivity index (χ2v) is 5.76. The zero-order valence-corrected chi connectivity index (χ0v) is 14.8. The number of fused-ring (bicyclic) bond motifs is 1. The van der Waals surface area contributed by atoms with Crippen LogP contribution in [0, 0.1) is 0 Å². The van der Waals surface area contributed by atoms with Crippen molar-refractivity contribution in [2.24, 2.45) is 0 Å². The Morgan fingerprint density at radius 2 is 1.73 bits per heavy atom. The summed E-state index contributed by atoms with van der Waals surface area (Å²) < 4.78 is 58.2. The maximum absolute atomic E-state index is 12.5. The molecule has 0 radical (unpaired) electrons. The van der Waals surface area contributed by atoms with Crippen LogP contribution in [0.5, 0.6) is 11.5 Å². The number of aromatic carboxylic acids is 1. The first-order chi connectivity index (χ1) is 14.2. The molecule has 1 heterocycles. The summed E-state index contributed by atoms with van der Waals surface area (Å²) >= 11 is 0. The van der Waals surface area contributed by atoms with E-state index in [1.165, 1.54) is 36.4 Å². The third-order valence-electron chi connectivity index (χ3n) is 3.83. The molecule has 2 N–H and O–H groups in total. The standard InChI is InChI=1S/C19H12F4N2O5/c20-18(21)29-12-6-4-9(8-13(12)30-19(22)23)5-7-14-24-15-10(16(26)25-14)2-1-3-11(15)17(27)28/h1-8,18-19H,(H,27,28)(H,24,25,26)/b7-5+. The zero-order chi connectivity index (χ0) is 21.8. The van der Waals surface area contributed by atoms with Gasteiger partial charge in [0.25, 0.3) is 5.56 Å². The number of hydrogen-bond donors (Lipinski definition) is 2. The van der Waals surface area contributed by atoms with Crippen molar-refractivity contribution in [2.45, 2.75) is 13.2 Å². The van der Waals surface area contributed by atoms with E-state index in [9.17, 15) is 32.3 Å². The third kappa shape index (κ3) is 4.74.